The van der Waals surface area contributed by atoms with Gasteiger partial charge in [-0.25, -0.2) is 15.0 Å². The number of anilines is 1. The minimum absolute atomic E-state index is 0.0756. The Morgan fingerprint density at radius 3 is 2.70 bits per heavy atom. The van der Waals surface area contributed by atoms with E-state index in [0.29, 0.717) is 5.56 Å². The summed E-state index contributed by atoms with van der Waals surface area (Å²) >= 11 is 1.60. The van der Waals surface area contributed by atoms with E-state index in [1.54, 1.807) is 23.3 Å². The van der Waals surface area contributed by atoms with Gasteiger partial charge in [0, 0.05) is 18.1 Å². The van der Waals surface area contributed by atoms with Crippen molar-refractivity contribution in [3.05, 3.63) is 33.7 Å². The van der Waals surface area contributed by atoms with Crippen molar-refractivity contribution < 1.29 is 4.79 Å². The van der Waals surface area contributed by atoms with E-state index >= 15 is 0 Å². The molecule has 2 rings (SSSR count). The fourth-order valence-electron chi connectivity index (χ4n) is 1.98. The van der Waals surface area contributed by atoms with E-state index in [2.05, 4.69) is 15.0 Å². The highest BCUT2D eigenvalue weighted by Gasteiger charge is 2.24. The van der Waals surface area contributed by atoms with Crippen molar-refractivity contribution in [1.82, 2.24) is 19.9 Å². The molecule has 0 bridgehead atoms. The average Bonchev–Trinajstić information content (AvgIpc) is 2.76. The molecule has 0 aliphatic carbocycles. The number of hydrogen-bond acceptors (Lipinski definition) is 6. The van der Waals surface area contributed by atoms with E-state index in [1.165, 1.54) is 12.5 Å². The largest absolute Gasteiger partial charge is 0.383 e. The molecule has 7 heteroatoms. The molecule has 1 unspecified atom stereocenters. The van der Waals surface area contributed by atoms with Crippen molar-refractivity contribution in [2.24, 2.45) is 0 Å². The zero-order chi connectivity index (χ0) is 14.9. The highest BCUT2D eigenvalue weighted by atomic mass is 32.1. The Bertz CT molecular complexity index is 639. The van der Waals surface area contributed by atoms with Gasteiger partial charge in [-0.05, 0) is 20.8 Å². The summed E-state index contributed by atoms with van der Waals surface area (Å²) in [7, 11) is 1.74. The van der Waals surface area contributed by atoms with E-state index in [1.807, 2.05) is 20.8 Å². The van der Waals surface area contributed by atoms with Gasteiger partial charge < -0.3 is 10.6 Å². The van der Waals surface area contributed by atoms with Crippen LogP contribution in [0.2, 0.25) is 0 Å². The Labute approximate surface area is 121 Å². The quantitative estimate of drug-likeness (QED) is 0.934. The minimum atomic E-state index is -0.193. The van der Waals surface area contributed by atoms with Gasteiger partial charge >= 0.3 is 0 Å². The minimum Gasteiger partial charge on any atom is -0.383 e. The number of hydrogen-bond donors (Lipinski definition) is 1. The maximum Gasteiger partial charge on any atom is 0.259 e. The fourth-order valence-corrected chi connectivity index (χ4v) is 3.00. The first-order valence-corrected chi connectivity index (χ1v) is 7.00. The summed E-state index contributed by atoms with van der Waals surface area (Å²) in [5, 5.41) is 0.993. The third-order valence-electron chi connectivity index (χ3n) is 3.19. The molecule has 0 radical (unpaired) electrons. The van der Waals surface area contributed by atoms with Crippen LogP contribution in [0.4, 0.5) is 5.82 Å². The maximum atomic E-state index is 12.4. The van der Waals surface area contributed by atoms with E-state index < -0.39 is 0 Å². The topological polar surface area (TPSA) is 85.0 Å². The lowest BCUT2D eigenvalue weighted by Crippen LogP contribution is -2.30. The lowest BCUT2D eigenvalue weighted by Gasteiger charge is -2.24. The second-order valence-electron chi connectivity index (χ2n) is 4.60. The zero-order valence-corrected chi connectivity index (χ0v) is 12.7. The molecule has 2 aromatic rings. The summed E-state index contributed by atoms with van der Waals surface area (Å²) in [5.41, 5.74) is 7.00. The van der Waals surface area contributed by atoms with E-state index in [9.17, 15) is 4.79 Å². The summed E-state index contributed by atoms with van der Waals surface area (Å²) in [6.07, 6.45) is 2.77. The van der Waals surface area contributed by atoms with Crippen molar-refractivity contribution in [3.8, 4) is 0 Å². The molecule has 0 aromatic carbocycles. The SMILES string of the molecule is Cc1nc(C)c(C(C)N(C)C(=O)c2cncnc2N)s1. The van der Waals surface area contributed by atoms with Crippen LogP contribution in [0.3, 0.4) is 0 Å². The normalized spacial score (nSPS) is 12.2. The van der Waals surface area contributed by atoms with Crippen molar-refractivity contribution in [1.29, 1.82) is 0 Å². The Hall–Kier alpha value is -2.02. The number of amides is 1. The average molecular weight is 291 g/mol. The fraction of sp³-hybridized carbons (Fsp3) is 0.385. The number of aryl methyl sites for hydroxylation is 2. The van der Waals surface area contributed by atoms with Crippen LogP contribution in [0.15, 0.2) is 12.5 Å². The van der Waals surface area contributed by atoms with Gasteiger partial charge in [0.15, 0.2) is 0 Å². The van der Waals surface area contributed by atoms with Gasteiger partial charge in [0.2, 0.25) is 0 Å². The monoisotopic (exact) mass is 291 g/mol. The van der Waals surface area contributed by atoms with Crippen LogP contribution in [0, 0.1) is 13.8 Å². The smallest absolute Gasteiger partial charge is 0.259 e. The molecule has 106 valence electrons. The molecule has 0 saturated carbocycles. The standard InChI is InChI=1S/C13H17N5OS/c1-7-11(20-9(3)17-7)8(2)18(4)13(19)10-5-15-6-16-12(10)14/h5-6,8H,1-4H3,(H2,14,15,16). The molecule has 0 aliphatic rings. The second-order valence-corrected chi connectivity index (χ2v) is 5.83. The van der Waals surface area contributed by atoms with Gasteiger partial charge in [-0.3, -0.25) is 4.79 Å². The zero-order valence-electron chi connectivity index (χ0n) is 11.9. The molecule has 1 atom stereocenters. The number of aromatic nitrogens is 3. The van der Waals surface area contributed by atoms with Crippen LogP contribution in [0.1, 0.15) is 38.9 Å². The molecule has 20 heavy (non-hydrogen) atoms. The van der Waals surface area contributed by atoms with E-state index in [0.717, 1.165) is 15.6 Å². The Morgan fingerprint density at radius 1 is 1.45 bits per heavy atom. The lowest BCUT2D eigenvalue weighted by atomic mass is 10.2. The number of carbonyl (C=O) groups excluding carboxylic acids is 1. The molecule has 0 saturated heterocycles. The Balaban J connectivity index is 2.27. The first kappa shape index (κ1) is 14.4. The number of nitrogens with two attached hydrogens (primary N) is 1. The summed E-state index contributed by atoms with van der Waals surface area (Å²) < 4.78 is 0. The van der Waals surface area contributed by atoms with Crippen molar-refractivity contribution in [2.45, 2.75) is 26.8 Å². The summed E-state index contributed by atoms with van der Waals surface area (Å²) in [6, 6.07) is -0.0756. The number of nitrogen functional groups attached to an aromatic ring is 1. The summed E-state index contributed by atoms with van der Waals surface area (Å²) in [4.78, 5) is 27.3. The van der Waals surface area contributed by atoms with Gasteiger partial charge in [0.1, 0.15) is 12.1 Å². The Kier molecular flexibility index (Phi) is 3.99. The molecular formula is C13H17N5OS. The third-order valence-corrected chi connectivity index (χ3v) is 4.44. The summed E-state index contributed by atoms with van der Waals surface area (Å²) in [5.74, 6) is 0.00214. The molecule has 2 N–H and O–H groups in total. The molecule has 2 aromatic heterocycles. The highest BCUT2D eigenvalue weighted by molar-refractivity contribution is 7.11. The highest BCUT2D eigenvalue weighted by Crippen LogP contribution is 2.29. The molecule has 0 spiro atoms. The van der Waals surface area contributed by atoms with Crippen LogP contribution in [-0.4, -0.2) is 32.8 Å². The number of nitrogens with zero attached hydrogens (tertiary/aromatic N) is 4. The van der Waals surface area contributed by atoms with Crippen molar-refractivity contribution in [2.75, 3.05) is 12.8 Å². The van der Waals surface area contributed by atoms with E-state index in [4.69, 9.17) is 5.73 Å². The summed E-state index contributed by atoms with van der Waals surface area (Å²) in [6.45, 7) is 5.88. The molecule has 1 amide bonds. The van der Waals surface area contributed by atoms with Crippen molar-refractivity contribution >= 4 is 23.1 Å². The van der Waals surface area contributed by atoms with Gasteiger partial charge in [-0.1, -0.05) is 0 Å². The van der Waals surface area contributed by atoms with Crippen molar-refractivity contribution in [3.63, 3.8) is 0 Å². The van der Waals surface area contributed by atoms with Gasteiger partial charge in [0.25, 0.3) is 5.91 Å². The third kappa shape index (κ3) is 2.62. The van der Waals surface area contributed by atoms with Crippen LogP contribution >= 0.6 is 11.3 Å². The van der Waals surface area contributed by atoms with Crippen LogP contribution in [0.5, 0.6) is 0 Å². The molecule has 0 fully saturated rings. The molecule has 6 nitrogen and oxygen atoms in total. The number of thiazole rings is 1. The number of carbonyl (C=O) groups is 1. The predicted octanol–water partition coefficient (Wildman–Crippen LogP) is 1.97. The van der Waals surface area contributed by atoms with Gasteiger partial charge in [-0.15, -0.1) is 11.3 Å². The van der Waals surface area contributed by atoms with Crippen LogP contribution < -0.4 is 5.73 Å². The lowest BCUT2D eigenvalue weighted by molar-refractivity contribution is 0.0745. The first-order chi connectivity index (χ1) is 9.41. The second kappa shape index (κ2) is 5.54. The van der Waals surface area contributed by atoms with Gasteiger partial charge in [-0.2, -0.15) is 0 Å². The van der Waals surface area contributed by atoms with Crippen LogP contribution in [-0.2, 0) is 0 Å². The predicted molar refractivity (Wildman–Crippen MR) is 78.5 cm³/mol. The molecule has 0 aliphatic heterocycles. The molecular weight excluding hydrogens is 274 g/mol. The Morgan fingerprint density at radius 2 is 2.15 bits per heavy atom. The first-order valence-electron chi connectivity index (χ1n) is 6.18. The maximum absolute atomic E-state index is 12.4. The van der Waals surface area contributed by atoms with Crippen LogP contribution in [0.25, 0.3) is 0 Å². The molecule has 2 heterocycles. The number of rotatable bonds is 3. The van der Waals surface area contributed by atoms with Gasteiger partial charge in [0.05, 0.1) is 22.3 Å². The van der Waals surface area contributed by atoms with E-state index in [-0.39, 0.29) is 17.8 Å².